The van der Waals surface area contributed by atoms with Gasteiger partial charge in [0.25, 0.3) is 11.8 Å². The number of nitrogens with zero attached hydrogens (tertiary/aromatic N) is 4. The van der Waals surface area contributed by atoms with Crippen molar-refractivity contribution in [1.29, 1.82) is 10.5 Å². The fourth-order valence-corrected chi connectivity index (χ4v) is 7.50. The van der Waals surface area contributed by atoms with Gasteiger partial charge in [-0.25, -0.2) is 4.90 Å². The summed E-state index contributed by atoms with van der Waals surface area (Å²) in [5.74, 6) is -0.794. The first kappa shape index (κ1) is 30.5. The Hall–Kier alpha value is -7.54. The molecule has 1 aliphatic heterocycles. The van der Waals surface area contributed by atoms with Crippen molar-refractivity contribution in [3.63, 3.8) is 0 Å². The van der Waals surface area contributed by atoms with Gasteiger partial charge >= 0.3 is 0 Å². The molecule has 6 heteroatoms. The van der Waals surface area contributed by atoms with E-state index in [1.54, 1.807) is 24.3 Å². The summed E-state index contributed by atoms with van der Waals surface area (Å²) in [7, 11) is 0. The molecule has 0 saturated carbocycles. The van der Waals surface area contributed by atoms with Gasteiger partial charge in [0, 0.05) is 21.9 Å². The van der Waals surface area contributed by atoms with Crippen molar-refractivity contribution >= 4 is 39.3 Å². The van der Waals surface area contributed by atoms with Crippen LogP contribution in [0.3, 0.4) is 0 Å². The molecule has 1 aliphatic rings. The van der Waals surface area contributed by atoms with E-state index in [2.05, 4.69) is 12.1 Å². The molecule has 1 aromatic heterocycles. The number of hydrogen-bond acceptors (Lipinski definition) is 4. The van der Waals surface area contributed by atoms with Crippen LogP contribution in [0.15, 0.2) is 158 Å². The zero-order valence-electron chi connectivity index (χ0n) is 27.6. The average molecular weight is 667 g/mol. The van der Waals surface area contributed by atoms with E-state index >= 15 is 4.79 Å². The van der Waals surface area contributed by atoms with Crippen LogP contribution in [-0.2, 0) is 0 Å². The Morgan fingerprint density at radius 2 is 1.10 bits per heavy atom. The lowest BCUT2D eigenvalue weighted by Gasteiger charge is -2.23. The Labute approximate surface area is 299 Å². The molecular weight excluding hydrogens is 641 g/mol. The summed E-state index contributed by atoms with van der Waals surface area (Å²) in [5.41, 5.74) is 9.06. The lowest BCUT2D eigenvalue weighted by atomic mass is 9.95. The molecule has 242 valence electrons. The van der Waals surface area contributed by atoms with Crippen molar-refractivity contribution in [1.82, 2.24) is 4.57 Å². The van der Waals surface area contributed by atoms with E-state index < -0.39 is 5.91 Å². The molecule has 0 fully saturated rings. The molecule has 2 amide bonds. The van der Waals surface area contributed by atoms with Crippen molar-refractivity contribution in [2.75, 3.05) is 4.90 Å². The van der Waals surface area contributed by atoms with E-state index in [1.807, 2.05) is 138 Å². The molecule has 0 N–H and O–H groups in total. The topological polar surface area (TPSA) is 89.9 Å². The number of nitriles is 2. The third-order valence-electron chi connectivity index (χ3n) is 9.82. The van der Waals surface area contributed by atoms with Crippen molar-refractivity contribution in [3.8, 4) is 51.2 Å². The highest BCUT2D eigenvalue weighted by atomic mass is 16.2. The fraction of sp³-hybridized carbons (Fsp3) is 0. The van der Waals surface area contributed by atoms with Gasteiger partial charge in [-0.15, -0.1) is 0 Å². The molecule has 52 heavy (non-hydrogen) atoms. The summed E-state index contributed by atoms with van der Waals surface area (Å²) in [6, 6.07) is 54.3. The minimum Gasteiger partial charge on any atom is -0.308 e. The number of rotatable bonds is 5. The Kier molecular flexibility index (Phi) is 7.10. The lowest BCUT2D eigenvalue weighted by Crippen LogP contribution is -2.30. The smallest absolute Gasteiger partial charge is 0.268 e. The van der Waals surface area contributed by atoms with Crippen LogP contribution in [0.1, 0.15) is 31.8 Å². The van der Waals surface area contributed by atoms with Crippen LogP contribution in [0.5, 0.6) is 0 Å². The zero-order valence-corrected chi connectivity index (χ0v) is 27.6. The summed E-state index contributed by atoms with van der Waals surface area (Å²) < 4.78 is 2.04. The van der Waals surface area contributed by atoms with Gasteiger partial charge in [0.1, 0.15) is 0 Å². The molecule has 0 radical (unpaired) electrons. The van der Waals surface area contributed by atoms with E-state index in [0.717, 1.165) is 49.6 Å². The molecule has 2 heterocycles. The Morgan fingerprint density at radius 1 is 0.462 bits per heavy atom. The number of carbonyl (C=O) groups excluding carboxylic acids is 2. The molecule has 0 aliphatic carbocycles. The van der Waals surface area contributed by atoms with E-state index in [1.165, 1.54) is 4.90 Å². The van der Waals surface area contributed by atoms with E-state index in [9.17, 15) is 15.3 Å². The quantitative estimate of drug-likeness (QED) is 0.171. The van der Waals surface area contributed by atoms with E-state index in [4.69, 9.17) is 0 Å². The maximum absolute atomic E-state index is 15.0. The van der Waals surface area contributed by atoms with Crippen LogP contribution in [0.25, 0.3) is 60.9 Å². The van der Waals surface area contributed by atoms with Crippen molar-refractivity contribution in [3.05, 3.63) is 180 Å². The molecule has 0 saturated heterocycles. The second-order valence-electron chi connectivity index (χ2n) is 12.6. The van der Waals surface area contributed by atoms with Gasteiger partial charge in [0.05, 0.1) is 56.8 Å². The molecular formula is C46H26N4O2. The Morgan fingerprint density at radius 3 is 1.79 bits per heavy atom. The lowest BCUT2D eigenvalue weighted by molar-refractivity contribution is 0.0926. The normalized spacial score (nSPS) is 12.2. The predicted molar refractivity (Wildman–Crippen MR) is 204 cm³/mol. The van der Waals surface area contributed by atoms with Crippen LogP contribution in [-0.4, -0.2) is 16.4 Å². The molecule has 7 aromatic carbocycles. The Bertz CT molecular complexity index is 2800. The van der Waals surface area contributed by atoms with Crippen LogP contribution in [0, 0.1) is 22.7 Å². The fourth-order valence-electron chi connectivity index (χ4n) is 7.50. The maximum atomic E-state index is 15.0. The molecule has 0 bridgehead atoms. The van der Waals surface area contributed by atoms with Gasteiger partial charge in [-0.1, -0.05) is 121 Å². The molecule has 0 atom stereocenters. The average Bonchev–Trinajstić information content (AvgIpc) is 3.67. The first-order valence-corrected chi connectivity index (χ1v) is 16.8. The summed E-state index contributed by atoms with van der Waals surface area (Å²) in [5, 5.41) is 21.4. The number of aromatic nitrogens is 1. The second kappa shape index (κ2) is 12.1. The standard InChI is InChI=1S/C46H26N4O2/c47-27-29-21-23-34(33(25-29)28-48)32-22-24-38-37-15-7-8-19-40(37)49(42(38)26-32)41-20-10-18-39-43(41)46(52)50(45(39)51)44-35(30-11-3-1-4-12-30)16-9-17-36(44)31-13-5-2-6-14-31/h1-26H. The largest absolute Gasteiger partial charge is 0.308 e. The molecule has 9 rings (SSSR count). The van der Waals surface area contributed by atoms with Crippen LogP contribution in [0.2, 0.25) is 0 Å². The second-order valence-corrected chi connectivity index (χ2v) is 12.6. The van der Waals surface area contributed by atoms with Gasteiger partial charge in [0.15, 0.2) is 0 Å². The number of imide groups is 1. The van der Waals surface area contributed by atoms with Gasteiger partial charge in [-0.2, -0.15) is 10.5 Å². The molecule has 6 nitrogen and oxygen atoms in total. The van der Waals surface area contributed by atoms with E-state index in [-0.39, 0.29) is 5.91 Å². The van der Waals surface area contributed by atoms with Crippen LogP contribution in [0.4, 0.5) is 5.69 Å². The molecule has 0 spiro atoms. The first-order chi connectivity index (χ1) is 25.6. The minimum atomic E-state index is -0.405. The predicted octanol–water partition coefficient (Wildman–Crippen LogP) is 10.3. The number of fused-ring (bicyclic) bond motifs is 4. The zero-order chi connectivity index (χ0) is 35.3. The van der Waals surface area contributed by atoms with Crippen LogP contribution < -0.4 is 4.90 Å². The highest BCUT2D eigenvalue weighted by Gasteiger charge is 2.41. The number of carbonyl (C=O) groups is 2. The van der Waals surface area contributed by atoms with Crippen molar-refractivity contribution in [2.45, 2.75) is 0 Å². The minimum absolute atomic E-state index is 0.318. The summed E-state index contributed by atoms with van der Waals surface area (Å²) in [6.07, 6.45) is 0. The number of amides is 2. The summed E-state index contributed by atoms with van der Waals surface area (Å²) >= 11 is 0. The maximum Gasteiger partial charge on any atom is 0.268 e. The summed E-state index contributed by atoms with van der Waals surface area (Å²) in [6.45, 7) is 0. The Balaban J connectivity index is 1.28. The van der Waals surface area contributed by atoms with Crippen molar-refractivity contribution in [2.24, 2.45) is 0 Å². The number of para-hydroxylation sites is 2. The van der Waals surface area contributed by atoms with Crippen molar-refractivity contribution < 1.29 is 9.59 Å². The number of anilines is 1. The highest BCUT2D eigenvalue weighted by molar-refractivity contribution is 6.37. The SMILES string of the molecule is N#Cc1ccc(-c2ccc3c4ccccc4n(-c4cccc5c4C(=O)N(c4c(-c6ccccc6)cccc4-c4ccccc4)C5=O)c3c2)c(C#N)c1. The molecule has 8 aromatic rings. The monoisotopic (exact) mass is 666 g/mol. The van der Waals surface area contributed by atoms with Gasteiger partial charge < -0.3 is 4.57 Å². The van der Waals surface area contributed by atoms with E-state index in [0.29, 0.717) is 39.2 Å². The third kappa shape index (κ3) is 4.64. The number of hydrogen-bond donors (Lipinski definition) is 0. The summed E-state index contributed by atoms with van der Waals surface area (Å²) in [4.78, 5) is 31.0. The molecule has 0 unspecified atom stereocenters. The van der Waals surface area contributed by atoms with Crippen LogP contribution >= 0.6 is 0 Å². The first-order valence-electron chi connectivity index (χ1n) is 16.8. The van der Waals surface area contributed by atoms with Gasteiger partial charge in [-0.3, -0.25) is 9.59 Å². The third-order valence-corrected chi connectivity index (χ3v) is 9.82. The highest BCUT2D eigenvalue weighted by Crippen LogP contribution is 2.45. The van der Waals surface area contributed by atoms with Gasteiger partial charge in [-0.05, 0) is 58.7 Å². The van der Waals surface area contributed by atoms with Gasteiger partial charge in [0.2, 0.25) is 0 Å². The number of benzene rings is 7.